The van der Waals surface area contributed by atoms with Crippen molar-refractivity contribution < 1.29 is 23.8 Å². The average Bonchev–Trinajstić information content (AvgIpc) is 3.47. The topological polar surface area (TPSA) is 80.0 Å². The van der Waals surface area contributed by atoms with E-state index in [0.29, 0.717) is 18.8 Å². The number of hydrogen-bond donors (Lipinski definition) is 1. The van der Waals surface area contributed by atoms with E-state index in [1.165, 1.54) is 21.6 Å². The number of carbonyl (C=O) groups excluding carboxylic acids is 2. The second-order valence-electron chi connectivity index (χ2n) is 9.36. The smallest absolute Gasteiger partial charge is 0.233 e. The van der Waals surface area contributed by atoms with Gasteiger partial charge in [-0.15, -0.1) is 0 Å². The van der Waals surface area contributed by atoms with E-state index in [1.54, 1.807) is 13.1 Å². The molecule has 2 aliphatic heterocycles. The maximum Gasteiger partial charge on any atom is 0.233 e. The summed E-state index contributed by atoms with van der Waals surface area (Å²) in [6, 6.07) is 3.70. The van der Waals surface area contributed by atoms with Gasteiger partial charge in [-0.2, -0.15) is 0 Å². The fraction of sp³-hybridized carbons (Fsp3) is 0.615. The molecule has 1 N–H and O–H groups in total. The highest BCUT2D eigenvalue weighted by molar-refractivity contribution is 6.05. The Morgan fingerprint density at radius 1 is 1.16 bits per heavy atom. The largest absolute Gasteiger partial charge is 0.459 e. The van der Waals surface area contributed by atoms with Crippen LogP contribution in [-0.2, 0) is 20.9 Å². The summed E-state index contributed by atoms with van der Waals surface area (Å²) < 4.78 is 11.9. The number of allylic oxidation sites excluding steroid dienone is 2. The molecule has 3 aliphatic rings. The molecule has 1 aromatic rings. The fourth-order valence-corrected chi connectivity index (χ4v) is 5.83. The SMILES string of the molecule is CCCC1=C2[C@@H](CC/C(=C/c3ccc(CO)o3)CCC)OC[C@@H]2[C@@H]2C(=O)N(C)C(=O)[C@@H]2C1. The molecule has 6 nitrogen and oxygen atoms in total. The van der Waals surface area contributed by atoms with E-state index >= 15 is 0 Å². The molecule has 1 aliphatic carbocycles. The number of nitrogens with zero attached hydrogens (tertiary/aromatic N) is 1. The molecular formula is C26H35NO5. The van der Waals surface area contributed by atoms with Crippen molar-refractivity contribution in [2.24, 2.45) is 17.8 Å². The lowest BCUT2D eigenvalue weighted by Gasteiger charge is -2.32. The van der Waals surface area contributed by atoms with E-state index in [2.05, 4.69) is 19.9 Å². The van der Waals surface area contributed by atoms with Gasteiger partial charge in [-0.1, -0.05) is 37.8 Å². The highest BCUT2D eigenvalue weighted by atomic mass is 16.5. The minimum Gasteiger partial charge on any atom is -0.459 e. The Bertz CT molecular complexity index is 926. The Morgan fingerprint density at radius 3 is 2.66 bits per heavy atom. The van der Waals surface area contributed by atoms with E-state index in [4.69, 9.17) is 9.15 Å². The Hall–Kier alpha value is -2.18. The fourth-order valence-electron chi connectivity index (χ4n) is 5.83. The third kappa shape index (κ3) is 4.23. The van der Waals surface area contributed by atoms with Crippen LogP contribution in [0.2, 0.25) is 0 Å². The summed E-state index contributed by atoms with van der Waals surface area (Å²) in [6.45, 7) is 4.77. The van der Waals surface area contributed by atoms with E-state index < -0.39 is 0 Å². The van der Waals surface area contributed by atoms with Gasteiger partial charge in [-0.25, -0.2) is 0 Å². The highest BCUT2D eigenvalue weighted by Gasteiger charge is 2.55. The number of amides is 2. The maximum absolute atomic E-state index is 12.8. The van der Waals surface area contributed by atoms with Crippen molar-refractivity contribution >= 4 is 17.9 Å². The van der Waals surface area contributed by atoms with Crippen molar-refractivity contribution in [1.29, 1.82) is 0 Å². The first-order valence-electron chi connectivity index (χ1n) is 12.0. The maximum atomic E-state index is 12.8. The average molecular weight is 442 g/mol. The molecule has 2 fully saturated rings. The first-order valence-corrected chi connectivity index (χ1v) is 12.0. The van der Waals surface area contributed by atoms with E-state index in [1.807, 2.05) is 6.07 Å². The molecule has 174 valence electrons. The van der Waals surface area contributed by atoms with Crippen LogP contribution in [0.4, 0.5) is 0 Å². The first kappa shape index (κ1) is 23.0. The number of imide groups is 1. The second-order valence-corrected chi connectivity index (χ2v) is 9.36. The molecule has 3 heterocycles. The third-order valence-corrected chi connectivity index (χ3v) is 7.26. The number of aliphatic hydroxyl groups is 1. The molecule has 2 saturated heterocycles. The lowest BCUT2D eigenvalue weighted by molar-refractivity contribution is -0.138. The van der Waals surface area contributed by atoms with Gasteiger partial charge >= 0.3 is 0 Å². The predicted octanol–water partition coefficient (Wildman–Crippen LogP) is 4.48. The van der Waals surface area contributed by atoms with Gasteiger partial charge in [0.05, 0.1) is 24.5 Å². The van der Waals surface area contributed by atoms with E-state index in [0.717, 1.165) is 44.3 Å². The second kappa shape index (κ2) is 9.75. The summed E-state index contributed by atoms with van der Waals surface area (Å²) in [5.74, 6) is 0.862. The van der Waals surface area contributed by atoms with Gasteiger partial charge in [0.15, 0.2) is 0 Å². The molecule has 32 heavy (non-hydrogen) atoms. The van der Waals surface area contributed by atoms with Crippen molar-refractivity contribution in [3.8, 4) is 0 Å². The number of fused-ring (bicyclic) bond motifs is 3. The number of carbonyl (C=O) groups is 2. The van der Waals surface area contributed by atoms with Crippen molar-refractivity contribution in [1.82, 2.24) is 4.90 Å². The zero-order chi connectivity index (χ0) is 22.8. The van der Waals surface area contributed by atoms with Crippen LogP contribution in [-0.4, -0.2) is 41.6 Å². The van der Waals surface area contributed by atoms with Crippen LogP contribution in [0, 0.1) is 17.8 Å². The number of ether oxygens (including phenoxy) is 1. The molecule has 0 saturated carbocycles. The monoisotopic (exact) mass is 441 g/mol. The van der Waals surface area contributed by atoms with Gasteiger partial charge in [0.1, 0.15) is 18.1 Å². The van der Waals surface area contributed by atoms with Crippen LogP contribution < -0.4 is 0 Å². The molecule has 0 spiro atoms. The number of rotatable bonds is 9. The molecular weight excluding hydrogens is 406 g/mol. The molecule has 4 atom stereocenters. The van der Waals surface area contributed by atoms with Crippen LogP contribution in [0.25, 0.3) is 6.08 Å². The summed E-state index contributed by atoms with van der Waals surface area (Å²) in [4.78, 5) is 26.8. The molecule has 4 rings (SSSR count). The Labute approximate surface area is 190 Å². The first-order chi connectivity index (χ1) is 15.5. The molecule has 0 aromatic carbocycles. The summed E-state index contributed by atoms with van der Waals surface area (Å²) in [5.41, 5.74) is 3.95. The van der Waals surface area contributed by atoms with Gasteiger partial charge in [0.25, 0.3) is 0 Å². The Kier molecular flexibility index (Phi) is 7.01. The summed E-state index contributed by atoms with van der Waals surface area (Å²) in [7, 11) is 1.62. The van der Waals surface area contributed by atoms with Crippen LogP contribution in [0.1, 0.15) is 70.3 Å². The van der Waals surface area contributed by atoms with Crippen LogP contribution in [0.15, 0.2) is 33.3 Å². The lowest BCUT2D eigenvalue weighted by atomic mass is 9.68. The summed E-state index contributed by atoms with van der Waals surface area (Å²) >= 11 is 0. The van der Waals surface area contributed by atoms with Crippen LogP contribution >= 0.6 is 0 Å². The molecule has 0 bridgehead atoms. The summed E-state index contributed by atoms with van der Waals surface area (Å²) in [5, 5.41) is 9.25. The van der Waals surface area contributed by atoms with Gasteiger partial charge in [-0.3, -0.25) is 14.5 Å². The molecule has 6 heteroatoms. The quantitative estimate of drug-likeness (QED) is 0.451. The van der Waals surface area contributed by atoms with E-state index in [9.17, 15) is 14.7 Å². The van der Waals surface area contributed by atoms with Crippen molar-refractivity contribution in [3.63, 3.8) is 0 Å². The normalized spacial score (nSPS) is 28.0. The van der Waals surface area contributed by atoms with Crippen molar-refractivity contribution in [2.75, 3.05) is 13.7 Å². The number of furan rings is 1. The zero-order valence-corrected chi connectivity index (χ0v) is 19.4. The Morgan fingerprint density at radius 2 is 1.97 bits per heavy atom. The number of likely N-dealkylation sites (tertiary alicyclic amines) is 1. The molecule has 1 aromatic heterocycles. The van der Waals surface area contributed by atoms with Crippen LogP contribution in [0.3, 0.4) is 0 Å². The molecule has 2 amide bonds. The van der Waals surface area contributed by atoms with Gasteiger partial charge in [0.2, 0.25) is 11.8 Å². The molecule has 0 radical (unpaired) electrons. The summed E-state index contributed by atoms with van der Waals surface area (Å²) in [6.07, 6.45) is 8.58. The standard InChI is InChI=1S/C26H35NO5/c1-4-6-16(12-18-9-10-19(14-28)32-18)8-11-22-23-17(7-5-2)13-20-24(21(23)15-31-22)26(30)27(3)25(20)29/h9-10,12,20-22,24,28H,4-8,11,13-15H2,1-3H3/b16-12+/t20-,21+,22-,24-/m1/s1. The van der Waals surface area contributed by atoms with Crippen LogP contribution in [0.5, 0.6) is 0 Å². The lowest BCUT2D eigenvalue weighted by Crippen LogP contribution is -2.34. The predicted molar refractivity (Wildman–Crippen MR) is 121 cm³/mol. The van der Waals surface area contributed by atoms with Gasteiger partial charge < -0.3 is 14.3 Å². The van der Waals surface area contributed by atoms with Gasteiger partial charge in [0, 0.05) is 13.0 Å². The van der Waals surface area contributed by atoms with Crippen molar-refractivity contribution in [2.45, 2.75) is 71.5 Å². The minimum absolute atomic E-state index is 0.0150. The third-order valence-electron chi connectivity index (χ3n) is 7.26. The number of aliphatic hydroxyl groups excluding tert-OH is 1. The van der Waals surface area contributed by atoms with Crippen molar-refractivity contribution in [3.05, 3.63) is 40.4 Å². The molecule has 0 unspecified atom stereocenters. The zero-order valence-electron chi connectivity index (χ0n) is 19.4. The van der Waals surface area contributed by atoms with E-state index in [-0.39, 0.29) is 42.3 Å². The minimum atomic E-state index is -0.251. The number of hydrogen-bond acceptors (Lipinski definition) is 5. The highest BCUT2D eigenvalue weighted by Crippen LogP contribution is 2.50. The Balaban J connectivity index is 1.54. The van der Waals surface area contributed by atoms with Gasteiger partial charge in [-0.05, 0) is 55.9 Å².